The van der Waals surface area contributed by atoms with Crippen LogP contribution in [0.15, 0.2) is 12.2 Å². The van der Waals surface area contributed by atoms with Crippen molar-refractivity contribution in [2.45, 2.75) is 160 Å². The van der Waals surface area contributed by atoms with Gasteiger partial charge in [-0.3, -0.25) is 4.79 Å². The minimum atomic E-state index is -1.80. The van der Waals surface area contributed by atoms with Gasteiger partial charge in [-0.05, 0) is 67.3 Å². The lowest BCUT2D eigenvalue weighted by Crippen LogP contribution is -2.60. The van der Waals surface area contributed by atoms with Crippen molar-refractivity contribution in [1.82, 2.24) is 4.90 Å². The van der Waals surface area contributed by atoms with Gasteiger partial charge in [0.15, 0.2) is 12.6 Å². The van der Waals surface area contributed by atoms with Gasteiger partial charge >= 0.3 is 5.97 Å². The summed E-state index contributed by atoms with van der Waals surface area (Å²) in [4.78, 5) is 16.0. The number of cyclic esters (lactones) is 1. The minimum absolute atomic E-state index is 0.0193. The molecule has 0 radical (unpaired) electrons. The predicted octanol–water partition coefficient (Wildman–Crippen LogP) is 1.99. The number of rotatable bonds is 6. The smallest absolute Gasteiger partial charge is 0.311 e. The SMILES string of the molecule is CC[C@H]1OC(=O)[C@H](C)[C@@H](OC2OC[C@@](C)(OC)C(O)[C@@H]2C)[C@H](C)[C@@H](OC2O[C@H](C)C=C[C@H]2O)[C@](C)(O)C[C@@H](C)CN(C)[C@H](C)C(O)[C@]1(C)O. The first kappa shape index (κ1) is 42.2. The Balaban J connectivity index is 2.14. The van der Waals surface area contributed by atoms with Gasteiger partial charge in [0.1, 0.15) is 29.5 Å². The van der Waals surface area contributed by atoms with Crippen LogP contribution < -0.4 is 0 Å². The number of aliphatic hydroxyl groups is 5. The fourth-order valence-electron chi connectivity index (χ4n) is 7.81. The molecular weight excluding hydrogens is 638 g/mol. The highest BCUT2D eigenvalue weighted by molar-refractivity contribution is 5.73. The van der Waals surface area contributed by atoms with Gasteiger partial charge in [0, 0.05) is 31.5 Å². The van der Waals surface area contributed by atoms with E-state index in [2.05, 4.69) is 0 Å². The molecule has 4 unspecified atom stereocenters. The highest BCUT2D eigenvalue weighted by atomic mass is 16.7. The summed E-state index contributed by atoms with van der Waals surface area (Å²) in [7, 11) is 3.33. The van der Waals surface area contributed by atoms with E-state index in [1.54, 1.807) is 60.6 Å². The molecule has 0 aromatic rings. The molecule has 17 atom stereocenters. The first-order valence-corrected chi connectivity index (χ1v) is 17.8. The number of carbonyl (C=O) groups excluding carboxylic acids is 1. The Bertz CT molecular complexity index is 1100. The van der Waals surface area contributed by atoms with Crippen LogP contribution >= 0.6 is 0 Å². The number of esters is 1. The molecule has 0 spiro atoms. The average Bonchev–Trinajstić information content (AvgIpc) is 3.03. The van der Waals surface area contributed by atoms with E-state index in [0.29, 0.717) is 6.54 Å². The summed E-state index contributed by atoms with van der Waals surface area (Å²) >= 11 is 0. The monoisotopic (exact) mass is 703 g/mol. The van der Waals surface area contributed by atoms with Crippen LogP contribution in [-0.4, -0.2) is 142 Å². The summed E-state index contributed by atoms with van der Waals surface area (Å²) < 4.78 is 36.7. The van der Waals surface area contributed by atoms with E-state index >= 15 is 0 Å². The molecule has 0 aliphatic carbocycles. The number of carbonyl (C=O) groups is 1. The normalized spacial score (nSPS) is 49.9. The molecule has 13 nitrogen and oxygen atoms in total. The summed E-state index contributed by atoms with van der Waals surface area (Å²) in [6, 6.07) is -0.534. The predicted molar refractivity (Wildman–Crippen MR) is 181 cm³/mol. The lowest BCUT2D eigenvalue weighted by molar-refractivity contribution is -0.311. The number of aliphatic hydroxyl groups excluding tert-OH is 3. The average molecular weight is 704 g/mol. The van der Waals surface area contributed by atoms with Gasteiger partial charge in [0.05, 0.1) is 42.5 Å². The molecule has 0 aromatic heterocycles. The van der Waals surface area contributed by atoms with Crippen LogP contribution in [0.5, 0.6) is 0 Å². The van der Waals surface area contributed by atoms with Gasteiger partial charge in [0.2, 0.25) is 0 Å². The quantitative estimate of drug-likeness (QED) is 0.201. The standard InChI is InChI=1S/C36H65NO12/c1-13-26-36(10,43)29(40)24(7)37(11)17-19(2)16-34(8,42)30(49-33-25(38)15-14-20(3)46-33)21(4)27(22(5)31(41)47-26)48-32-23(6)28(39)35(9,44-12)18-45-32/h14-15,19-30,32-33,38-40,42-43H,13,16-18H2,1-12H3/t19-,20-,21+,22-,23+,24-,25-,26-,27+,28?,29?,30-,32?,33?,34-,35-,36-/m1/s1. The van der Waals surface area contributed by atoms with E-state index in [-0.39, 0.29) is 31.5 Å². The van der Waals surface area contributed by atoms with Gasteiger partial charge in [-0.2, -0.15) is 0 Å². The second kappa shape index (κ2) is 16.6. The van der Waals surface area contributed by atoms with Crippen LogP contribution in [0.4, 0.5) is 0 Å². The third kappa shape index (κ3) is 9.42. The van der Waals surface area contributed by atoms with Gasteiger partial charge in [0.25, 0.3) is 0 Å². The largest absolute Gasteiger partial charge is 0.459 e. The number of likely N-dealkylation sites (N-methyl/N-ethyl adjacent to an activating group) is 1. The lowest BCUT2D eigenvalue weighted by Gasteiger charge is -2.48. The van der Waals surface area contributed by atoms with Crippen molar-refractivity contribution >= 4 is 5.97 Å². The first-order chi connectivity index (χ1) is 22.6. The number of ether oxygens (including phenoxy) is 6. The Morgan fingerprint density at radius 3 is 2.16 bits per heavy atom. The summed E-state index contributed by atoms with van der Waals surface area (Å²) in [6.45, 7) is 17.9. The number of hydrogen-bond donors (Lipinski definition) is 5. The van der Waals surface area contributed by atoms with E-state index in [0.717, 1.165) is 0 Å². The molecule has 286 valence electrons. The van der Waals surface area contributed by atoms with E-state index in [4.69, 9.17) is 28.4 Å². The maximum absolute atomic E-state index is 14.1. The van der Waals surface area contributed by atoms with E-state index in [9.17, 15) is 30.3 Å². The van der Waals surface area contributed by atoms with Crippen molar-refractivity contribution < 1.29 is 58.7 Å². The number of methoxy groups -OCH3 is 1. The Morgan fingerprint density at radius 1 is 0.939 bits per heavy atom. The molecule has 3 aliphatic heterocycles. The van der Waals surface area contributed by atoms with Crippen LogP contribution in [0.1, 0.15) is 82.1 Å². The topological polar surface area (TPSA) is 177 Å². The van der Waals surface area contributed by atoms with E-state index < -0.39 is 95.8 Å². The Labute approximate surface area is 292 Å². The number of nitrogens with zero attached hydrogens (tertiary/aromatic N) is 1. The van der Waals surface area contributed by atoms with E-state index in [1.165, 1.54) is 14.0 Å². The van der Waals surface area contributed by atoms with Gasteiger partial charge in [-0.25, -0.2) is 0 Å². The Morgan fingerprint density at radius 2 is 1.57 bits per heavy atom. The second-order valence-corrected chi connectivity index (χ2v) is 15.7. The van der Waals surface area contributed by atoms with Gasteiger partial charge in [-0.1, -0.05) is 39.8 Å². The molecule has 0 amide bonds. The summed E-state index contributed by atoms with van der Waals surface area (Å²) in [5.41, 5.74) is -4.33. The van der Waals surface area contributed by atoms with Crippen molar-refractivity contribution in [3.63, 3.8) is 0 Å². The second-order valence-electron chi connectivity index (χ2n) is 15.7. The molecular formula is C36H65NO12. The first-order valence-electron chi connectivity index (χ1n) is 17.8. The molecule has 3 aliphatic rings. The lowest BCUT2D eigenvalue weighted by atomic mass is 9.77. The maximum atomic E-state index is 14.1. The minimum Gasteiger partial charge on any atom is -0.459 e. The van der Waals surface area contributed by atoms with Gasteiger partial charge < -0.3 is 58.9 Å². The van der Waals surface area contributed by atoms with Crippen molar-refractivity contribution in [3.8, 4) is 0 Å². The third-order valence-corrected chi connectivity index (χ3v) is 11.2. The van der Waals surface area contributed by atoms with Crippen molar-refractivity contribution in [3.05, 3.63) is 12.2 Å². The maximum Gasteiger partial charge on any atom is 0.311 e. The summed E-state index contributed by atoms with van der Waals surface area (Å²) in [5, 5.41) is 57.4. The molecule has 0 aromatic carbocycles. The summed E-state index contributed by atoms with van der Waals surface area (Å²) in [6.07, 6.45) is -5.19. The molecule has 0 saturated carbocycles. The highest BCUT2D eigenvalue weighted by Gasteiger charge is 2.52. The highest BCUT2D eigenvalue weighted by Crippen LogP contribution is 2.39. The molecule has 2 saturated heterocycles. The van der Waals surface area contributed by atoms with Gasteiger partial charge in [-0.15, -0.1) is 0 Å². The Hall–Kier alpha value is -1.23. The summed E-state index contributed by atoms with van der Waals surface area (Å²) in [5.74, 6) is -3.19. The zero-order valence-corrected chi connectivity index (χ0v) is 31.6. The van der Waals surface area contributed by atoms with Crippen molar-refractivity contribution in [1.29, 1.82) is 0 Å². The molecule has 5 N–H and O–H groups in total. The zero-order chi connectivity index (χ0) is 37.2. The fraction of sp³-hybridized carbons (Fsp3) is 0.917. The van der Waals surface area contributed by atoms with E-state index in [1.807, 2.05) is 25.8 Å². The fourth-order valence-corrected chi connectivity index (χ4v) is 7.81. The van der Waals surface area contributed by atoms with Crippen LogP contribution in [0.25, 0.3) is 0 Å². The van der Waals surface area contributed by atoms with Crippen LogP contribution in [0.2, 0.25) is 0 Å². The molecule has 3 heterocycles. The van der Waals surface area contributed by atoms with Crippen LogP contribution in [0.3, 0.4) is 0 Å². The number of hydrogen-bond acceptors (Lipinski definition) is 13. The van der Waals surface area contributed by atoms with Crippen molar-refractivity contribution in [2.24, 2.45) is 23.7 Å². The molecule has 13 heteroatoms. The molecule has 3 rings (SSSR count). The van der Waals surface area contributed by atoms with Crippen molar-refractivity contribution in [2.75, 3.05) is 27.3 Å². The zero-order valence-electron chi connectivity index (χ0n) is 31.6. The third-order valence-electron chi connectivity index (χ3n) is 11.2. The van der Waals surface area contributed by atoms with Crippen LogP contribution in [-0.2, 0) is 33.2 Å². The molecule has 0 bridgehead atoms. The Kier molecular flexibility index (Phi) is 14.3. The van der Waals surface area contributed by atoms with Crippen LogP contribution in [0, 0.1) is 23.7 Å². The molecule has 2 fully saturated rings. The molecule has 49 heavy (non-hydrogen) atoms.